The van der Waals surface area contributed by atoms with E-state index in [-0.39, 0.29) is 6.10 Å². The Kier molecular flexibility index (Phi) is 3.33. The summed E-state index contributed by atoms with van der Waals surface area (Å²) in [5.74, 6) is 2.43. The van der Waals surface area contributed by atoms with E-state index in [1.54, 1.807) is 7.11 Å². The Morgan fingerprint density at radius 2 is 1.25 bits per heavy atom. The van der Waals surface area contributed by atoms with Crippen LogP contribution in [0.2, 0.25) is 0 Å². The van der Waals surface area contributed by atoms with Gasteiger partial charge in [0.2, 0.25) is 0 Å². The van der Waals surface area contributed by atoms with Gasteiger partial charge in [0.15, 0.2) is 0 Å². The van der Waals surface area contributed by atoms with Crippen LogP contribution in [0.4, 0.5) is 0 Å². The molecule has 4 nitrogen and oxygen atoms in total. The van der Waals surface area contributed by atoms with Crippen molar-refractivity contribution in [2.24, 2.45) is 23.7 Å². The maximum atomic E-state index is 5.78. The summed E-state index contributed by atoms with van der Waals surface area (Å²) in [6.07, 6.45) is 6.88. The third kappa shape index (κ3) is 2.31. The first kappa shape index (κ1) is 13.5. The Labute approximate surface area is 121 Å². The highest BCUT2D eigenvalue weighted by molar-refractivity contribution is 5.02. The van der Waals surface area contributed by atoms with Crippen molar-refractivity contribution in [2.45, 2.75) is 70.1 Å². The molecule has 0 aromatic rings. The molecule has 4 rings (SSSR count). The summed E-state index contributed by atoms with van der Waals surface area (Å²) in [5.41, 5.74) is 0. The van der Waals surface area contributed by atoms with Gasteiger partial charge in [0, 0.05) is 0 Å². The van der Waals surface area contributed by atoms with Crippen molar-refractivity contribution in [2.75, 3.05) is 7.11 Å². The molecule has 0 radical (unpaired) electrons. The summed E-state index contributed by atoms with van der Waals surface area (Å²) in [7, 11) is 1.64. The van der Waals surface area contributed by atoms with E-state index in [0.717, 1.165) is 12.8 Å². The number of epoxide rings is 2. The molecule has 0 amide bonds. The minimum Gasteiger partial charge on any atom is -0.370 e. The maximum Gasteiger partial charge on any atom is 0.0992 e. The van der Waals surface area contributed by atoms with Crippen LogP contribution in [0.25, 0.3) is 0 Å². The predicted octanol–water partition coefficient (Wildman–Crippen LogP) is 2.56. The van der Waals surface area contributed by atoms with Gasteiger partial charge in [0.25, 0.3) is 0 Å². The zero-order chi connectivity index (χ0) is 13.9. The van der Waals surface area contributed by atoms with E-state index in [1.807, 2.05) is 0 Å². The quantitative estimate of drug-likeness (QED) is 0.451. The van der Waals surface area contributed by atoms with Gasteiger partial charge in [-0.2, -0.15) is 0 Å². The zero-order valence-electron chi connectivity index (χ0n) is 12.7. The van der Waals surface area contributed by atoms with Gasteiger partial charge in [-0.3, -0.25) is 0 Å². The second-order valence-electron chi connectivity index (χ2n) is 7.38. The molecule has 0 aromatic heterocycles. The van der Waals surface area contributed by atoms with Crippen molar-refractivity contribution in [1.29, 1.82) is 0 Å². The first-order chi connectivity index (χ1) is 9.67. The topological polar surface area (TPSA) is 43.5 Å². The van der Waals surface area contributed by atoms with Crippen molar-refractivity contribution >= 4 is 0 Å². The average molecular weight is 282 g/mol. The third-order valence-corrected chi connectivity index (χ3v) is 6.11. The molecule has 2 aliphatic heterocycles. The van der Waals surface area contributed by atoms with E-state index in [9.17, 15) is 0 Å². The van der Waals surface area contributed by atoms with Gasteiger partial charge in [0.05, 0.1) is 37.6 Å². The highest BCUT2D eigenvalue weighted by Gasteiger charge is 2.54. The van der Waals surface area contributed by atoms with Gasteiger partial charge in [-0.25, -0.2) is 9.78 Å². The van der Waals surface area contributed by atoms with Gasteiger partial charge >= 0.3 is 0 Å². The molecule has 4 aliphatic rings. The second kappa shape index (κ2) is 4.94. The molecule has 0 bridgehead atoms. The van der Waals surface area contributed by atoms with Gasteiger partial charge in [0.1, 0.15) is 0 Å². The second-order valence-corrected chi connectivity index (χ2v) is 7.38. The van der Waals surface area contributed by atoms with Gasteiger partial charge in [-0.15, -0.1) is 0 Å². The van der Waals surface area contributed by atoms with Gasteiger partial charge in [-0.05, 0) is 49.4 Å². The fraction of sp³-hybridized carbons (Fsp3) is 1.00. The summed E-state index contributed by atoms with van der Waals surface area (Å²) in [6, 6.07) is 0. The van der Waals surface area contributed by atoms with Crippen LogP contribution in [-0.2, 0) is 19.2 Å². The molecule has 2 aliphatic carbocycles. The lowest BCUT2D eigenvalue weighted by Gasteiger charge is -2.40. The van der Waals surface area contributed by atoms with Crippen LogP contribution >= 0.6 is 0 Å². The summed E-state index contributed by atoms with van der Waals surface area (Å²) >= 11 is 0. The first-order valence-corrected chi connectivity index (χ1v) is 8.17. The zero-order valence-corrected chi connectivity index (χ0v) is 12.7. The molecule has 2 saturated heterocycles. The van der Waals surface area contributed by atoms with Crippen molar-refractivity contribution in [3.8, 4) is 0 Å². The smallest absolute Gasteiger partial charge is 0.0992 e. The molecular weight excluding hydrogens is 256 g/mol. The van der Waals surface area contributed by atoms with Crippen LogP contribution in [-0.4, -0.2) is 37.6 Å². The molecule has 114 valence electrons. The molecule has 0 N–H and O–H groups in total. The lowest BCUT2D eigenvalue weighted by molar-refractivity contribution is -0.333. The van der Waals surface area contributed by atoms with Gasteiger partial charge < -0.3 is 9.47 Å². The molecule has 0 aromatic carbocycles. The monoisotopic (exact) mass is 282 g/mol. The van der Waals surface area contributed by atoms with Crippen LogP contribution in [0.3, 0.4) is 0 Å². The normalized spacial score (nSPS) is 54.8. The Hall–Kier alpha value is -0.160. The highest BCUT2D eigenvalue weighted by Crippen LogP contribution is 2.50. The molecule has 0 spiro atoms. The lowest BCUT2D eigenvalue weighted by Crippen LogP contribution is -2.43. The molecule has 20 heavy (non-hydrogen) atoms. The standard InChI is InChI=1S/C16H26O4/c1-8-4-12-14(18-12)6-10(8)16(20-17-3)11-7-15-13(19-15)5-9(11)2/h8-16H,4-7H2,1-3H3. The van der Waals surface area contributed by atoms with Gasteiger partial charge in [-0.1, -0.05) is 13.8 Å². The molecule has 8 atom stereocenters. The first-order valence-electron chi connectivity index (χ1n) is 8.17. The lowest BCUT2D eigenvalue weighted by atomic mass is 9.68. The minimum atomic E-state index is 0.195. The number of hydrogen-bond donors (Lipinski definition) is 0. The molecule has 2 saturated carbocycles. The Bertz CT molecular complexity index is 341. The number of rotatable bonds is 4. The Morgan fingerprint density at radius 3 is 1.70 bits per heavy atom. The van der Waals surface area contributed by atoms with Crippen LogP contribution in [0.15, 0.2) is 0 Å². The van der Waals surface area contributed by atoms with Crippen LogP contribution in [0.5, 0.6) is 0 Å². The number of hydrogen-bond acceptors (Lipinski definition) is 4. The van der Waals surface area contributed by atoms with Crippen molar-refractivity contribution in [3.05, 3.63) is 0 Å². The largest absolute Gasteiger partial charge is 0.370 e. The maximum absolute atomic E-state index is 5.78. The summed E-state index contributed by atoms with van der Waals surface area (Å²) in [4.78, 5) is 10.9. The van der Waals surface area contributed by atoms with Crippen LogP contribution in [0.1, 0.15) is 39.5 Å². The van der Waals surface area contributed by atoms with E-state index in [4.69, 9.17) is 19.2 Å². The van der Waals surface area contributed by atoms with Crippen molar-refractivity contribution in [3.63, 3.8) is 0 Å². The fourth-order valence-electron chi connectivity index (χ4n) is 4.76. The minimum absolute atomic E-state index is 0.195. The van der Waals surface area contributed by atoms with Crippen molar-refractivity contribution < 1.29 is 19.2 Å². The summed E-state index contributed by atoms with van der Waals surface area (Å²) in [6.45, 7) is 4.69. The molecular formula is C16H26O4. The molecule has 4 fully saturated rings. The van der Waals surface area contributed by atoms with E-state index in [1.165, 1.54) is 12.8 Å². The van der Waals surface area contributed by atoms with Crippen LogP contribution in [0, 0.1) is 23.7 Å². The van der Waals surface area contributed by atoms with Crippen LogP contribution < -0.4 is 0 Å². The summed E-state index contributed by atoms with van der Waals surface area (Å²) < 4.78 is 11.5. The Morgan fingerprint density at radius 1 is 0.800 bits per heavy atom. The third-order valence-electron chi connectivity index (χ3n) is 6.11. The van der Waals surface area contributed by atoms with E-state index in [0.29, 0.717) is 48.1 Å². The molecule has 4 heteroatoms. The molecule has 8 unspecified atom stereocenters. The van der Waals surface area contributed by atoms with E-state index < -0.39 is 0 Å². The predicted molar refractivity (Wildman–Crippen MR) is 73.0 cm³/mol. The average Bonchev–Trinajstić information content (AvgIpc) is 3.29. The highest BCUT2D eigenvalue weighted by atomic mass is 17.2. The fourth-order valence-corrected chi connectivity index (χ4v) is 4.76. The molecule has 2 heterocycles. The van der Waals surface area contributed by atoms with E-state index >= 15 is 0 Å². The van der Waals surface area contributed by atoms with Crippen molar-refractivity contribution in [1.82, 2.24) is 0 Å². The summed E-state index contributed by atoms with van der Waals surface area (Å²) in [5, 5.41) is 0. The number of fused-ring (bicyclic) bond motifs is 2. The SMILES string of the molecule is COOC(C1CC2OC2CC1C)C1CC2OC2CC1C. The number of ether oxygens (including phenoxy) is 2. The Balaban J connectivity index is 1.50. The van der Waals surface area contributed by atoms with E-state index in [2.05, 4.69) is 13.8 Å².